The van der Waals surface area contributed by atoms with Crippen LogP contribution in [0.1, 0.15) is 16.8 Å². The van der Waals surface area contributed by atoms with Gasteiger partial charge in [-0.25, -0.2) is 4.39 Å². The van der Waals surface area contributed by atoms with Crippen molar-refractivity contribution in [1.82, 2.24) is 10.3 Å². The van der Waals surface area contributed by atoms with E-state index in [0.29, 0.717) is 24.2 Å². The number of pyridine rings is 1. The number of nitrogens with zero attached hydrogens (tertiary/aromatic N) is 1. The summed E-state index contributed by atoms with van der Waals surface area (Å²) < 4.78 is 17.9. The molecule has 19 heavy (non-hydrogen) atoms. The molecule has 0 saturated carbocycles. The second-order valence-corrected chi connectivity index (χ2v) is 4.16. The van der Waals surface area contributed by atoms with E-state index in [2.05, 4.69) is 10.3 Å². The van der Waals surface area contributed by atoms with Gasteiger partial charge in [-0.05, 0) is 24.6 Å². The summed E-state index contributed by atoms with van der Waals surface area (Å²) in [5.41, 5.74) is 1.01. The number of carbonyl (C=O) groups is 1. The van der Waals surface area contributed by atoms with Crippen LogP contribution in [0.15, 0.2) is 30.5 Å². The van der Waals surface area contributed by atoms with Crippen molar-refractivity contribution in [2.24, 2.45) is 0 Å². The Morgan fingerprint density at radius 2 is 2.26 bits per heavy atom. The second kappa shape index (κ2) is 6.24. The summed E-state index contributed by atoms with van der Waals surface area (Å²) in [6, 6.07) is 6.01. The fourth-order valence-electron chi connectivity index (χ4n) is 1.74. The van der Waals surface area contributed by atoms with E-state index in [9.17, 15) is 9.18 Å². The zero-order valence-corrected chi connectivity index (χ0v) is 10.6. The highest BCUT2D eigenvalue weighted by molar-refractivity contribution is 5.97. The van der Waals surface area contributed by atoms with Gasteiger partial charge in [0.2, 0.25) is 0 Å². The number of fused-ring (bicyclic) bond motifs is 1. The van der Waals surface area contributed by atoms with Gasteiger partial charge in [0.25, 0.3) is 5.91 Å². The molecule has 2 rings (SSSR count). The van der Waals surface area contributed by atoms with Crippen LogP contribution in [0.3, 0.4) is 0 Å². The topological polar surface area (TPSA) is 51.2 Å². The minimum Gasteiger partial charge on any atom is -0.385 e. The highest BCUT2D eigenvalue weighted by Gasteiger charge is 2.07. The van der Waals surface area contributed by atoms with Crippen LogP contribution in [0, 0.1) is 5.82 Å². The van der Waals surface area contributed by atoms with Gasteiger partial charge >= 0.3 is 0 Å². The maximum atomic E-state index is 13.0. The Hall–Kier alpha value is -2.01. The molecule has 1 aromatic heterocycles. The van der Waals surface area contributed by atoms with Gasteiger partial charge in [-0.1, -0.05) is 0 Å². The molecule has 0 aliphatic rings. The van der Waals surface area contributed by atoms with Crippen molar-refractivity contribution in [1.29, 1.82) is 0 Å². The highest BCUT2D eigenvalue weighted by Crippen LogP contribution is 2.14. The van der Waals surface area contributed by atoms with Gasteiger partial charge in [-0.3, -0.25) is 9.78 Å². The monoisotopic (exact) mass is 262 g/mol. The third-order valence-electron chi connectivity index (χ3n) is 2.72. The molecular formula is C14H15FN2O2. The van der Waals surface area contributed by atoms with Crippen molar-refractivity contribution in [3.8, 4) is 0 Å². The second-order valence-electron chi connectivity index (χ2n) is 4.16. The molecule has 2 aromatic rings. The third-order valence-corrected chi connectivity index (χ3v) is 2.72. The Morgan fingerprint density at radius 1 is 1.42 bits per heavy atom. The Bertz CT molecular complexity index is 587. The number of hydrogen-bond acceptors (Lipinski definition) is 3. The Kier molecular flexibility index (Phi) is 4.41. The number of benzene rings is 1. The number of halogens is 1. The van der Waals surface area contributed by atoms with Crippen LogP contribution in [0.25, 0.3) is 10.9 Å². The number of nitrogens with one attached hydrogen (secondary N) is 1. The lowest BCUT2D eigenvalue weighted by molar-refractivity contribution is 0.0948. The Balaban J connectivity index is 2.08. The molecule has 0 aliphatic carbocycles. The average molecular weight is 262 g/mol. The van der Waals surface area contributed by atoms with Crippen LogP contribution in [-0.4, -0.2) is 31.2 Å². The molecule has 5 heteroatoms. The van der Waals surface area contributed by atoms with Crippen LogP contribution in [0.4, 0.5) is 4.39 Å². The maximum Gasteiger partial charge on any atom is 0.252 e. The Morgan fingerprint density at radius 3 is 3.05 bits per heavy atom. The van der Waals surface area contributed by atoms with Crippen molar-refractivity contribution < 1.29 is 13.9 Å². The number of rotatable bonds is 5. The fourth-order valence-corrected chi connectivity index (χ4v) is 1.74. The van der Waals surface area contributed by atoms with E-state index in [1.807, 2.05) is 0 Å². The number of methoxy groups -OCH3 is 1. The molecule has 4 nitrogen and oxygen atoms in total. The van der Waals surface area contributed by atoms with Crippen LogP contribution in [0.2, 0.25) is 0 Å². The first-order chi connectivity index (χ1) is 9.20. The van der Waals surface area contributed by atoms with Gasteiger partial charge in [0, 0.05) is 37.9 Å². The minimum absolute atomic E-state index is 0.185. The summed E-state index contributed by atoms with van der Waals surface area (Å²) in [5, 5.41) is 3.52. The molecule has 1 aromatic carbocycles. The molecule has 0 bridgehead atoms. The fraction of sp³-hybridized carbons (Fsp3) is 0.286. The maximum absolute atomic E-state index is 13.0. The van der Waals surface area contributed by atoms with Gasteiger partial charge in [0.1, 0.15) is 5.82 Å². The number of hydrogen-bond donors (Lipinski definition) is 1. The van der Waals surface area contributed by atoms with Crippen molar-refractivity contribution in [3.05, 3.63) is 41.8 Å². The number of carbonyl (C=O) groups excluding carboxylic acids is 1. The first kappa shape index (κ1) is 13.4. The first-order valence-corrected chi connectivity index (χ1v) is 6.03. The molecule has 0 fully saturated rings. The lowest BCUT2D eigenvalue weighted by Gasteiger charge is -2.05. The molecule has 1 amide bonds. The quantitative estimate of drug-likeness (QED) is 0.840. The minimum atomic E-state index is -0.336. The van der Waals surface area contributed by atoms with Crippen LogP contribution in [-0.2, 0) is 4.74 Å². The van der Waals surface area contributed by atoms with Crippen LogP contribution >= 0.6 is 0 Å². The predicted molar refractivity (Wildman–Crippen MR) is 70.5 cm³/mol. The van der Waals surface area contributed by atoms with E-state index in [1.165, 1.54) is 18.3 Å². The van der Waals surface area contributed by atoms with Crippen LogP contribution in [0.5, 0.6) is 0 Å². The molecule has 100 valence electrons. The summed E-state index contributed by atoms with van der Waals surface area (Å²) in [7, 11) is 1.62. The third kappa shape index (κ3) is 3.48. The van der Waals surface area contributed by atoms with E-state index < -0.39 is 0 Å². The van der Waals surface area contributed by atoms with E-state index in [1.54, 1.807) is 19.2 Å². The molecule has 0 atom stereocenters. The molecule has 0 radical (unpaired) electrons. The number of aromatic nitrogens is 1. The molecule has 0 aliphatic heterocycles. The van der Waals surface area contributed by atoms with Crippen molar-refractivity contribution in [2.75, 3.05) is 20.3 Å². The largest absolute Gasteiger partial charge is 0.385 e. The molecule has 0 unspecified atom stereocenters. The number of ether oxygens (including phenoxy) is 1. The average Bonchev–Trinajstić information content (AvgIpc) is 2.42. The van der Waals surface area contributed by atoms with Gasteiger partial charge in [-0.15, -0.1) is 0 Å². The van der Waals surface area contributed by atoms with Crippen molar-refractivity contribution in [2.45, 2.75) is 6.42 Å². The van der Waals surface area contributed by atoms with Gasteiger partial charge in [0.15, 0.2) is 0 Å². The van der Waals surface area contributed by atoms with Crippen molar-refractivity contribution in [3.63, 3.8) is 0 Å². The number of amides is 1. The smallest absolute Gasteiger partial charge is 0.252 e. The summed E-state index contributed by atoms with van der Waals surface area (Å²) in [5.74, 6) is -0.522. The zero-order valence-electron chi connectivity index (χ0n) is 10.6. The summed E-state index contributed by atoms with van der Waals surface area (Å²) in [6.45, 7) is 1.16. The lowest BCUT2D eigenvalue weighted by atomic mass is 10.1. The van der Waals surface area contributed by atoms with E-state index in [0.717, 1.165) is 11.8 Å². The van der Waals surface area contributed by atoms with E-state index in [-0.39, 0.29) is 11.7 Å². The van der Waals surface area contributed by atoms with Crippen LogP contribution < -0.4 is 5.32 Å². The molecule has 0 saturated heterocycles. The van der Waals surface area contributed by atoms with E-state index in [4.69, 9.17) is 4.74 Å². The summed E-state index contributed by atoms with van der Waals surface area (Å²) in [4.78, 5) is 15.9. The van der Waals surface area contributed by atoms with Crippen molar-refractivity contribution >= 4 is 16.8 Å². The lowest BCUT2D eigenvalue weighted by Crippen LogP contribution is -2.25. The summed E-state index contributed by atoms with van der Waals surface area (Å²) in [6.07, 6.45) is 2.21. The molecule has 1 N–H and O–H groups in total. The van der Waals surface area contributed by atoms with Gasteiger partial charge < -0.3 is 10.1 Å². The highest BCUT2D eigenvalue weighted by atomic mass is 19.1. The Labute approximate surface area is 110 Å². The standard InChI is InChI=1S/C14H15FN2O2/c1-19-6-2-5-16-14(18)11-7-10-3-4-12(15)8-13(10)17-9-11/h3-4,7-9H,2,5-6H2,1H3,(H,16,18). The van der Waals surface area contributed by atoms with E-state index >= 15 is 0 Å². The SMILES string of the molecule is COCCCNC(=O)c1cnc2cc(F)ccc2c1. The zero-order chi connectivity index (χ0) is 13.7. The normalized spacial score (nSPS) is 10.6. The predicted octanol–water partition coefficient (Wildman–Crippen LogP) is 2.14. The van der Waals surface area contributed by atoms with Gasteiger partial charge in [-0.2, -0.15) is 0 Å². The summed E-state index contributed by atoms with van der Waals surface area (Å²) >= 11 is 0. The molecule has 0 spiro atoms. The molecule has 1 heterocycles. The first-order valence-electron chi connectivity index (χ1n) is 6.03. The van der Waals surface area contributed by atoms with Gasteiger partial charge in [0.05, 0.1) is 11.1 Å². The molecular weight excluding hydrogens is 247 g/mol.